The number of nitrogens with zero attached hydrogens (tertiary/aromatic N) is 6. The lowest BCUT2D eigenvalue weighted by Crippen LogP contribution is -2.56. The van der Waals surface area contributed by atoms with Crippen molar-refractivity contribution in [3.63, 3.8) is 0 Å². The molecule has 1 aliphatic heterocycles. The van der Waals surface area contributed by atoms with Crippen molar-refractivity contribution in [3.8, 4) is 0 Å². The van der Waals surface area contributed by atoms with Gasteiger partial charge in [0, 0.05) is 36.8 Å². The van der Waals surface area contributed by atoms with Gasteiger partial charge in [0.1, 0.15) is 11.8 Å². The van der Waals surface area contributed by atoms with Gasteiger partial charge in [0.25, 0.3) is 11.5 Å². The Bertz CT molecular complexity index is 1430. The van der Waals surface area contributed by atoms with Gasteiger partial charge < -0.3 is 20.4 Å². The van der Waals surface area contributed by atoms with Gasteiger partial charge in [-0.1, -0.05) is 12.8 Å². The van der Waals surface area contributed by atoms with E-state index in [2.05, 4.69) is 20.3 Å². The molecular weight excluding hydrogens is 450 g/mol. The molecule has 5 rings (SSSR count). The first-order chi connectivity index (χ1) is 16.8. The largest absolute Gasteiger partial charge is 0.627 e. The van der Waals surface area contributed by atoms with Crippen molar-refractivity contribution in [2.75, 3.05) is 26.2 Å². The standard InChI is InChI=1S/C24H29N7O4/c1-15-19-13-26-24(27-20-8-7-18(14-29(20)34)31(35)11-9-25-10-12-31)28-22(19)30(17-5-3-4-6-17)23(33)21(15)16(2)32/h7-8,13-14,17,25,34H,3-6,9-12H2,1-2H3. The first-order valence-electron chi connectivity index (χ1n) is 12.0. The normalized spacial score (nSPS) is 18.9. The number of hydrogen-bond acceptors (Lipinski definition) is 8. The fourth-order valence-electron chi connectivity index (χ4n) is 5.21. The molecule has 2 aliphatic rings. The molecule has 0 atom stereocenters. The summed E-state index contributed by atoms with van der Waals surface area (Å²) < 4.78 is 1.90. The minimum atomic E-state index is -0.522. The van der Waals surface area contributed by atoms with Gasteiger partial charge in [-0.25, -0.2) is 4.98 Å². The highest BCUT2D eigenvalue weighted by atomic mass is 16.5. The van der Waals surface area contributed by atoms with Crippen LogP contribution in [0.25, 0.3) is 11.0 Å². The van der Waals surface area contributed by atoms with Gasteiger partial charge in [0.15, 0.2) is 17.0 Å². The lowest BCUT2D eigenvalue weighted by molar-refractivity contribution is 0.101. The van der Waals surface area contributed by atoms with E-state index in [1.807, 2.05) is 0 Å². The Kier molecular flexibility index (Phi) is 5.99. The molecule has 0 radical (unpaired) electrons. The minimum absolute atomic E-state index is 0.0375. The van der Waals surface area contributed by atoms with Crippen molar-refractivity contribution >= 4 is 28.5 Å². The highest BCUT2D eigenvalue weighted by Crippen LogP contribution is 2.32. The summed E-state index contributed by atoms with van der Waals surface area (Å²) in [7, 11) is 0. The van der Waals surface area contributed by atoms with Crippen LogP contribution in [0.15, 0.2) is 34.3 Å². The number of Topliss-reactive ketones (excluding diaryl/α,β-unsaturated/α-hetero) is 1. The van der Waals surface area contributed by atoms with Crippen LogP contribution in [0.4, 0.5) is 11.6 Å². The van der Waals surface area contributed by atoms with E-state index >= 15 is 0 Å². The maximum atomic E-state index is 13.3. The Morgan fingerprint density at radius 3 is 2.63 bits per heavy atom. The summed E-state index contributed by atoms with van der Waals surface area (Å²) in [5, 5.41) is 27.4. The number of nitrogens with one attached hydrogen (secondary N) is 1. The topological polar surface area (TPSA) is 137 Å². The molecule has 2 N–H and O–H groups in total. The lowest BCUT2D eigenvalue weighted by Gasteiger charge is -2.44. The second-order valence-electron chi connectivity index (χ2n) is 9.37. The summed E-state index contributed by atoms with van der Waals surface area (Å²) in [6.45, 7) is 5.11. The number of hydrogen-bond donors (Lipinski definition) is 2. The van der Waals surface area contributed by atoms with Crippen molar-refractivity contribution in [1.29, 1.82) is 0 Å². The Balaban J connectivity index is 1.63. The number of fused-ring (bicyclic) bond motifs is 1. The van der Waals surface area contributed by atoms with Gasteiger partial charge in [-0.3, -0.25) is 14.2 Å². The number of aromatic nitrogens is 4. The first-order valence-corrected chi connectivity index (χ1v) is 12.0. The first kappa shape index (κ1) is 23.3. The molecular formula is C24H29N7O4. The molecule has 0 unspecified atom stereocenters. The molecule has 4 heterocycles. The van der Waals surface area contributed by atoms with Crippen LogP contribution in [-0.4, -0.2) is 56.4 Å². The van der Waals surface area contributed by atoms with Gasteiger partial charge in [-0.2, -0.15) is 14.7 Å². The number of rotatable bonds is 4. The summed E-state index contributed by atoms with van der Waals surface area (Å²) in [5.41, 5.74) is 1.42. The molecule has 1 saturated heterocycles. The second kappa shape index (κ2) is 8.99. The van der Waals surface area contributed by atoms with E-state index in [-0.39, 0.29) is 34.4 Å². The number of carbonyl (C=O) groups is 1. The number of aryl methyl sites for hydroxylation is 1. The molecule has 184 valence electrons. The van der Waals surface area contributed by atoms with Crippen LogP contribution in [-0.2, 0) is 0 Å². The molecule has 35 heavy (non-hydrogen) atoms. The lowest BCUT2D eigenvalue weighted by atomic mass is 10.0. The van der Waals surface area contributed by atoms with Gasteiger partial charge in [0.05, 0.1) is 18.7 Å². The third-order valence-electron chi connectivity index (χ3n) is 7.11. The van der Waals surface area contributed by atoms with Crippen molar-refractivity contribution in [1.82, 2.24) is 29.2 Å². The average molecular weight is 480 g/mol. The van der Waals surface area contributed by atoms with Crippen LogP contribution >= 0.6 is 0 Å². The fourth-order valence-corrected chi connectivity index (χ4v) is 5.21. The Morgan fingerprint density at radius 1 is 1.26 bits per heavy atom. The third-order valence-corrected chi connectivity index (χ3v) is 7.11. The molecule has 11 nitrogen and oxygen atoms in total. The summed E-state index contributed by atoms with van der Waals surface area (Å²) in [6.07, 6.45) is 6.65. The van der Waals surface area contributed by atoms with Gasteiger partial charge in [-0.15, -0.1) is 0 Å². The smallest absolute Gasteiger partial charge is 0.263 e. The maximum absolute atomic E-state index is 13.3. The molecule has 1 aliphatic carbocycles. The summed E-state index contributed by atoms with van der Waals surface area (Å²) in [6, 6.07) is 3.17. The van der Waals surface area contributed by atoms with E-state index in [0.717, 1.165) is 30.4 Å². The molecule has 3 aromatic rings. The van der Waals surface area contributed by atoms with Gasteiger partial charge in [-0.05, 0) is 38.3 Å². The number of quaternary nitrogens is 1. The number of carbonyl (C=O) groups excluding carboxylic acids is 1. The van der Waals surface area contributed by atoms with Crippen LogP contribution in [0.1, 0.15) is 54.6 Å². The van der Waals surface area contributed by atoms with E-state index in [1.54, 1.807) is 29.8 Å². The number of ketones is 1. The quantitative estimate of drug-likeness (QED) is 0.253. The van der Waals surface area contributed by atoms with E-state index in [0.29, 0.717) is 48.5 Å². The van der Waals surface area contributed by atoms with E-state index in [1.165, 1.54) is 13.1 Å². The van der Waals surface area contributed by atoms with Crippen LogP contribution in [0.3, 0.4) is 0 Å². The second-order valence-corrected chi connectivity index (χ2v) is 9.37. The zero-order chi connectivity index (χ0) is 24.7. The summed E-state index contributed by atoms with van der Waals surface area (Å²) in [4.78, 5) is 38.9. The number of pyridine rings is 2. The Hall–Kier alpha value is -3.41. The maximum Gasteiger partial charge on any atom is 0.263 e. The van der Waals surface area contributed by atoms with Crippen molar-refractivity contribution in [2.45, 2.75) is 45.6 Å². The van der Waals surface area contributed by atoms with E-state index in [4.69, 9.17) is 0 Å². The molecule has 3 aromatic heterocycles. The van der Waals surface area contributed by atoms with E-state index < -0.39 is 4.65 Å². The predicted octanol–water partition coefficient (Wildman–Crippen LogP) is 2.10. The minimum Gasteiger partial charge on any atom is -0.627 e. The highest BCUT2D eigenvalue weighted by Gasteiger charge is 2.26. The monoisotopic (exact) mass is 479 g/mol. The zero-order valence-corrected chi connectivity index (χ0v) is 19.9. The van der Waals surface area contributed by atoms with Crippen molar-refractivity contribution in [2.24, 2.45) is 4.99 Å². The molecule has 0 spiro atoms. The number of piperazine rings is 1. The Labute approximate surface area is 201 Å². The molecule has 1 saturated carbocycles. The predicted molar refractivity (Wildman–Crippen MR) is 131 cm³/mol. The molecule has 11 heteroatoms. The van der Waals surface area contributed by atoms with Crippen LogP contribution < -0.4 is 21.0 Å². The summed E-state index contributed by atoms with van der Waals surface area (Å²) in [5.74, 6) is -0.206. The Morgan fingerprint density at radius 2 is 1.97 bits per heavy atom. The van der Waals surface area contributed by atoms with Gasteiger partial charge >= 0.3 is 0 Å². The van der Waals surface area contributed by atoms with Crippen LogP contribution in [0.2, 0.25) is 0 Å². The SMILES string of the molecule is CC(=O)c1c(C)c2cnc(N=c3ccc([N+]4([O-])CCNCC4)cn3O)nc2n(C2CCCC2)c1=O. The average Bonchev–Trinajstić information content (AvgIpc) is 3.35. The zero-order valence-electron chi connectivity index (χ0n) is 19.9. The molecule has 0 amide bonds. The molecule has 2 fully saturated rings. The highest BCUT2D eigenvalue weighted by molar-refractivity contribution is 5.99. The van der Waals surface area contributed by atoms with Crippen molar-refractivity contribution < 1.29 is 10.0 Å². The third kappa shape index (κ3) is 4.15. The van der Waals surface area contributed by atoms with Crippen LogP contribution in [0, 0.1) is 12.1 Å². The summed E-state index contributed by atoms with van der Waals surface area (Å²) >= 11 is 0. The molecule has 0 bridgehead atoms. The van der Waals surface area contributed by atoms with Gasteiger partial charge in [0.2, 0.25) is 0 Å². The fraction of sp³-hybridized carbons (Fsp3) is 0.458. The molecule has 0 aromatic carbocycles. The number of hydroxylamine groups is 2. The van der Waals surface area contributed by atoms with Crippen molar-refractivity contribution in [3.05, 3.63) is 56.7 Å². The van der Waals surface area contributed by atoms with Crippen LogP contribution in [0.5, 0.6) is 0 Å². The van der Waals surface area contributed by atoms with E-state index in [9.17, 15) is 20.0 Å².